The van der Waals surface area contributed by atoms with E-state index in [-0.39, 0.29) is 15.7 Å². The zero-order valence-corrected chi connectivity index (χ0v) is 8.98. The summed E-state index contributed by atoms with van der Waals surface area (Å²) >= 11 is 2.82. The predicted octanol–water partition coefficient (Wildman–Crippen LogP) is 2.92. The van der Waals surface area contributed by atoms with Gasteiger partial charge in [0.25, 0.3) is 0 Å². The summed E-state index contributed by atoms with van der Waals surface area (Å²) in [6.45, 7) is 1.35. The van der Waals surface area contributed by atoms with E-state index in [0.717, 1.165) is 0 Å². The lowest BCUT2D eigenvalue weighted by molar-refractivity contribution is -0.275. The first-order chi connectivity index (χ1) is 6.85. The van der Waals surface area contributed by atoms with Gasteiger partial charge in [-0.2, -0.15) is 5.26 Å². The van der Waals surface area contributed by atoms with E-state index in [1.807, 2.05) is 0 Å². The third kappa shape index (κ3) is 2.83. The molecule has 0 aliphatic carbocycles. The summed E-state index contributed by atoms with van der Waals surface area (Å²) in [7, 11) is 0. The maximum Gasteiger partial charge on any atom is 0.573 e. The van der Waals surface area contributed by atoms with Crippen molar-refractivity contribution >= 4 is 15.9 Å². The molecule has 80 valence electrons. The number of aromatic nitrogens is 1. The molecule has 1 rings (SSSR count). The molecule has 0 aromatic carbocycles. The average Bonchev–Trinajstić information content (AvgIpc) is 2.11. The minimum Gasteiger partial charge on any atom is -0.403 e. The molecule has 3 nitrogen and oxygen atoms in total. The molecule has 0 fully saturated rings. The highest BCUT2D eigenvalue weighted by molar-refractivity contribution is 9.10. The molecule has 0 bridgehead atoms. The fraction of sp³-hybridized carbons (Fsp3) is 0.250. The molecule has 0 radical (unpaired) electrons. The lowest BCUT2D eigenvalue weighted by Gasteiger charge is -2.12. The largest absolute Gasteiger partial charge is 0.573 e. The number of pyridine rings is 1. The van der Waals surface area contributed by atoms with Crippen LogP contribution in [0.3, 0.4) is 0 Å². The molecular formula is C8H4BrF3N2O. The topological polar surface area (TPSA) is 45.9 Å². The molecular weight excluding hydrogens is 277 g/mol. The van der Waals surface area contributed by atoms with Gasteiger partial charge in [0.1, 0.15) is 10.7 Å². The molecule has 1 heterocycles. The molecule has 0 spiro atoms. The molecule has 0 atom stereocenters. The lowest BCUT2D eigenvalue weighted by atomic mass is 10.2. The van der Waals surface area contributed by atoms with E-state index in [9.17, 15) is 13.2 Å². The summed E-state index contributed by atoms with van der Waals surface area (Å²) in [6, 6.07) is 1.72. The Bertz CT molecular complexity index is 425. The van der Waals surface area contributed by atoms with Gasteiger partial charge in [0.2, 0.25) is 0 Å². The van der Waals surface area contributed by atoms with Crippen LogP contribution in [0.2, 0.25) is 0 Å². The summed E-state index contributed by atoms with van der Waals surface area (Å²) in [4.78, 5) is 3.56. The minimum atomic E-state index is -4.80. The summed E-state index contributed by atoms with van der Waals surface area (Å²) < 4.78 is 39.6. The van der Waals surface area contributed by atoms with Crippen LogP contribution in [-0.2, 0) is 0 Å². The fourth-order valence-electron chi connectivity index (χ4n) is 0.901. The number of nitrogens with zero attached hydrogens (tertiary/aromatic N) is 2. The molecule has 0 aliphatic heterocycles. The Morgan fingerprint density at radius 1 is 1.53 bits per heavy atom. The second-order valence-electron chi connectivity index (χ2n) is 2.58. The van der Waals surface area contributed by atoms with Gasteiger partial charge < -0.3 is 4.74 Å². The Kier molecular flexibility index (Phi) is 3.19. The highest BCUT2D eigenvalue weighted by Crippen LogP contribution is 2.33. The quantitative estimate of drug-likeness (QED) is 0.743. The number of nitriles is 1. The van der Waals surface area contributed by atoms with E-state index >= 15 is 0 Å². The van der Waals surface area contributed by atoms with Gasteiger partial charge >= 0.3 is 6.36 Å². The second-order valence-corrected chi connectivity index (χ2v) is 3.33. The molecule has 0 unspecified atom stereocenters. The Morgan fingerprint density at radius 2 is 2.13 bits per heavy atom. The van der Waals surface area contributed by atoms with Crippen LogP contribution in [0.15, 0.2) is 10.8 Å². The van der Waals surface area contributed by atoms with Gasteiger partial charge in [0.05, 0.1) is 5.56 Å². The monoisotopic (exact) mass is 280 g/mol. The average molecular weight is 281 g/mol. The standard InChI is InChI=1S/C8H4BrF3N2O/c1-4-5(2-13)3-14-7(9)6(4)15-8(10,11)12/h3H,1H3. The van der Waals surface area contributed by atoms with Crippen molar-refractivity contribution in [1.82, 2.24) is 4.98 Å². The molecule has 7 heteroatoms. The molecule has 0 aliphatic rings. The maximum atomic E-state index is 12.0. The SMILES string of the molecule is Cc1c(C#N)cnc(Br)c1OC(F)(F)F. The summed E-state index contributed by atoms with van der Waals surface area (Å²) in [6.07, 6.45) is -3.63. The molecule has 0 saturated carbocycles. The van der Waals surface area contributed by atoms with Crippen molar-refractivity contribution in [1.29, 1.82) is 5.26 Å². The summed E-state index contributed by atoms with van der Waals surface area (Å²) in [5, 5.41) is 8.59. The van der Waals surface area contributed by atoms with Crippen LogP contribution < -0.4 is 4.74 Å². The van der Waals surface area contributed by atoms with Gasteiger partial charge in [-0.25, -0.2) is 4.98 Å². The van der Waals surface area contributed by atoms with Crippen molar-refractivity contribution in [2.24, 2.45) is 0 Å². The van der Waals surface area contributed by atoms with Crippen LogP contribution in [0.25, 0.3) is 0 Å². The molecule has 0 amide bonds. The smallest absolute Gasteiger partial charge is 0.403 e. The highest BCUT2D eigenvalue weighted by Gasteiger charge is 2.33. The van der Waals surface area contributed by atoms with Crippen LogP contribution in [-0.4, -0.2) is 11.3 Å². The molecule has 15 heavy (non-hydrogen) atoms. The van der Waals surface area contributed by atoms with Crippen LogP contribution in [0.5, 0.6) is 5.75 Å². The number of hydrogen-bond donors (Lipinski definition) is 0. The number of hydrogen-bond acceptors (Lipinski definition) is 3. The van der Waals surface area contributed by atoms with Crippen molar-refractivity contribution in [2.45, 2.75) is 13.3 Å². The van der Waals surface area contributed by atoms with E-state index < -0.39 is 12.1 Å². The van der Waals surface area contributed by atoms with Crippen molar-refractivity contribution in [2.75, 3.05) is 0 Å². The number of halogens is 4. The summed E-state index contributed by atoms with van der Waals surface area (Å²) in [5.41, 5.74) is 0.133. The summed E-state index contributed by atoms with van der Waals surface area (Å²) in [5.74, 6) is -0.485. The van der Waals surface area contributed by atoms with Crippen molar-refractivity contribution in [3.8, 4) is 11.8 Å². The third-order valence-corrected chi connectivity index (χ3v) is 2.14. The minimum absolute atomic E-state index is 0.0393. The maximum absolute atomic E-state index is 12.0. The Hall–Kier alpha value is -1.29. The fourth-order valence-corrected chi connectivity index (χ4v) is 1.38. The van der Waals surface area contributed by atoms with Gasteiger partial charge in [0.15, 0.2) is 5.75 Å². The Labute approximate surface area is 91.6 Å². The van der Waals surface area contributed by atoms with E-state index in [2.05, 4.69) is 25.7 Å². The van der Waals surface area contributed by atoms with Crippen molar-refractivity contribution < 1.29 is 17.9 Å². The third-order valence-electron chi connectivity index (χ3n) is 1.58. The van der Waals surface area contributed by atoms with Gasteiger partial charge in [-0.1, -0.05) is 0 Å². The predicted molar refractivity (Wildman–Crippen MR) is 48.1 cm³/mol. The van der Waals surface area contributed by atoms with Crippen molar-refractivity contribution in [3.63, 3.8) is 0 Å². The molecule has 1 aromatic rings. The van der Waals surface area contributed by atoms with Gasteiger partial charge in [-0.15, -0.1) is 13.2 Å². The first kappa shape index (κ1) is 11.8. The molecule has 0 saturated heterocycles. The highest BCUT2D eigenvalue weighted by atomic mass is 79.9. The zero-order chi connectivity index (χ0) is 11.6. The Balaban J connectivity index is 3.23. The molecule has 0 N–H and O–H groups in total. The normalized spacial score (nSPS) is 10.9. The molecule has 1 aromatic heterocycles. The zero-order valence-electron chi connectivity index (χ0n) is 7.39. The second kappa shape index (κ2) is 4.06. The van der Waals surface area contributed by atoms with Crippen LogP contribution in [0, 0.1) is 18.3 Å². The Morgan fingerprint density at radius 3 is 2.60 bits per heavy atom. The van der Waals surface area contributed by atoms with E-state index in [0.29, 0.717) is 0 Å². The van der Waals surface area contributed by atoms with Crippen molar-refractivity contribution in [3.05, 3.63) is 21.9 Å². The number of rotatable bonds is 1. The number of alkyl halides is 3. The van der Waals surface area contributed by atoms with Gasteiger partial charge in [0, 0.05) is 11.8 Å². The number of ether oxygens (including phenoxy) is 1. The first-order valence-electron chi connectivity index (χ1n) is 3.66. The van der Waals surface area contributed by atoms with Crippen LogP contribution >= 0.6 is 15.9 Å². The van der Waals surface area contributed by atoms with E-state index in [1.54, 1.807) is 6.07 Å². The van der Waals surface area contributed by atoms with E-state index in [4.69, 9.17) is 5.26 Å². The van der Waals surface area contributed by atoms with Crippen LogP contribution in [0.1, 0.15) is 11.1 Å². The van der Waals surface area contributed by atoms with Gasteiger partial charge in [-0.3, -0.25) is 0 Å². The van der Waals surface area contributed by atoms with Gasteiger partial charge in [-0.05, 0) is 22.9 Å². The van der Waals surface area contributed by atoms with Crippen LogP contribution in [0.4, 0.5) is 13.2 Å². The van der Waals surface area contributed by atoms with E-state index in [1.165, 1.54) is 13.1 Å². The first-order valence-corrected chi connectivity index (χ1v) is 4.45. The lowest BCUT2D eigenvalue weighted by Crippen LogP contribution is -2.18.